The van der Waals surface area contributed by atoms with Crippen molar-refractivity contribution in [1.29, 1.82) is 0 Å². The first kappa shape index (κ1) is 19.2. The van der Waals surface area contributed by atoms with Gasteiger partial charge in [0.05, 0.1) is 23.8 Å². The molecule has 1 aliphatic heterocycles. The lowest BCUT2D eigenvalue weighted by atomic mass is 10.2. The van der Waals surface area contributed by atoms with Crippen molar-refractivity contribution in [3.8, 4) is 5.75 Å². The minimum Gasteiger partial charge on any atom is -0.495 e. The Bertz CT molecular complexity index is 891. The maximum Gasteiger partial charge on any atom is 0.262 e. The van der Waals surface area contributed by atoms with Crippen molar-refractivity contribution >= 4 is 21.6 Å². The molecule has 1 saturated heterocycles. The van der Waals surface area contributed by atoms with Crippen LogP contribution >= 0.6 is 0 Å². The number of ether oxygens (including phenoxy) is 2. The summed E-state index contributed by atoms with van der Waals surface area (Å²) < 4.78 is 38.3. The normalized spacial score (nSPS) is 16.7. The number of hydrogen-bond acceptors (Lipinski definition) is 5. The maximum absolute atomic E-state index is 12.6. The third kappa shape index (κ3) is 4.78. The maximum atomic E-state index is 12.6. The van der Waals surface area contributed by atoms with Gasteiger partial charge in [-0.15, -0.1) is 0 Å². The van der Waals surface area contributed by atoms with Gasteiger partial charge in [-0.2, -0.15) is 0 Å². The highest BCUT2D eigenvalue weighted by Gasteiger charge is 2.19. The molecule has 0 aliphatic carbocycles. The zero-order valence-electron chi connectivity index (χ0n) is 15.0. The monoisotopic (exact) mass is 390 g/mol. The van der Waals surface area contributed by atoms with Gasteiger partial charge in [-0.05, 0) is 49.2 Å². The molecule has 144 valence electrons. The summed E-state index contributed by atoms with van der Waals surface area (Å²) in [5.74, 6) is 0.165. The van der Waals surface area contributed by atoms with Gasteiger partial charge in [-0.25, -0.2) is 8.42 Å². The molecule has 2 N–H and O–H groups in total. The van der Waals surface area contributed by atoms with Crippen LogP contribution < -0.4 is 14.8 Å². The Morgan fingerprint density at radius 1 is 1.19 bits per heavy atom. The largest absolute Gasteiger partial charge is 0.495 e. The lowest BCUT2D eigenvalue weighted by molar-refractivity contribution is 0.0857. The number of hydrogen-bond donors (Lipinski definition) is 2. The number of carbonyl (C=O) groups excluding carboxylic acids is 1. The van der Waals surface area contributed by atoms with Gasteiger partial charge in [-0.3, -0.25) is 9.52 Å². The van der Waals surface area contributed by atoms with Crippen LogP contribution in [0, 0.1) is 0 Å². The van der Waals surface area contributed by atoms with Crippen LogP contribution in [0.5, 0.6) is 5.75 Å². The van der Waals surface area contributed by atoms with Crippen molar-refractivity contribution in [2.75, 3.05) is 25.0 Å². The molecule has 0 saturated carbocycles. The molecule has 1 heterocycles. The van der Waals surface area contributed by atoms with Crippen molar-refractivity contribution in [2.45, 2.75) is 23.8 Å². The summed E-state index contributed by atoms with van der Waals surface area (Å²) in [4.78, 5) is 12.2. The highest BCUT2D eigenvalue weighted by atomic mass is 32.2. The van der Waals surface area contributed by atoms with E-state index in [4.69, 9.17) is 9.47 Å². The van der Waals surface area contributed by atoms with E-state index in [1.54, 1.807) is 24.3 Å². The summed E-state index contributed by atoms with van der Waals surface area (Å²) >= 11 is 0. The molecular weight excluding hydrogens is 368 g/mol. The van der Waals surface area contributed by atoms with E-state index in [0.717, 1.165) is 19.4 Å². The predicted molar refractivity (Wildman–Crippen MR) is 102 cm³/mol. The van der Waals surface area contributed by atoms with Crippen molar-refractivity contribution in [3.05, 3.63) is 54.1 Å². The highest BCUT2D eigenvalue weighted by molar-refractivity contribution is 7.92. The molecule has 1 fully saturated rings. The highest BCUT2D eigenvalue weighted by Crippen LogP contribution is 2.26. The van der Waals surface area contributed by atoms with Gasteiger partial charge in [0.15, 0.2) is 0 Å². The van der Waals surface area contributed by atoms with E-state index in [-0.39, 0.29) is 16.9 Å². The lowest BCUT2D eigenvalue weighted by Crippen LogP contribution is -2.31. The Morgan fingerprint density at radius 2 is 1.93 bits per heavy atom. The number of carbonyl (C=O) groups is 1. The Hall–Kier alpha value is -2.58. The molecule has 0 spiro atoms. The minimum absolute atomic E-state index is 0.0543. The third-order valence-electron chi connectivity index (χ3n) is 4.29. The summed E-state index contributed by atoms with van der Waals surface area (Å²) in [6.45, 7) is 1.18. The summed E-state index contributed by atoms with van der Waals surface area (Å²) in [6.07, 6.45) is 2.00. The smallest absolute Gasteiger partial charge is 0.262 e. The standard InChI is InChI=1S/C19H22N2O5S/c1-25-18-7-3-2-6-17(18)21-27(23,24)16-10-8-14(9-11-16)19(22)20-13-15-5-4-12-26-15/h2-3,6-11,15,21H,4-5,12-13H2,1H3,(H,20,22). The van der Waals surface area contributed by atoms with Crippen molar-refractivity contribution in [2.24, 2.45) is 0 Å². The predicted octanol–water partition coefficient (Wildman–Crippen LogP) is 2.40. The number of anilines is 1. The Balaban J connectivity index is 1.67. The number of sulfonamides is 1. The summed E-state index contributed by atoms with van der Waals surface area (Å²) in [5.41, 5.74) is 0.739. The molecule has 27 heavy (non-hydrogen) atoms. The number of benzene rings is 2. The van der Waals surface area contributed by atoms with E-state index in [0.29, 0.717) is 23.5 Å². The molecule has 0 bridgehead atoms. The SMILES string of the molecule is COc1ccccc1NS(=O)(=O)c1ccc(C(=O)NCC2CCCO2)cc1. The van der Waals surface area contributed by atoms with Crippen molar-refractivity contribution in [1.82, 2.24) is 5.32 Å². The first-order valence-corrected chi connectivity index (χ1v) is 10.1. The van der Waals surface area contributed by atoms with Gasteiger partial charge in [0.25, 0.3) is 15.9 Å². The van der Waals surface area contributed by atoms with E-state index < -0.39 is 10.0 Å². The second-order valence-corrected chi connectivity index (χ2v) is 7.86. The first-order chi connectivity index (χ1) is 13.0. The van der Waals surface area contributed by atoms with Gasteiger partial charge < -0.3 is 14.8 Å². The van der Waals surface area contributed by atoms with Crippen molar-refractivity contribution in [3.63, 3.8) is 0 Å². The van der Waals surface area contributed by atoms with Gasteiger partial charge >= 0.3 is 0 Å². The number of rotatable bonds is 7. The van der Waals surface area contributed by atoms with Crippen molar-refractivity contribution < 1.29 is 22.7 Å². The topological polar surface area (TPSA) is 93.7 Å². The second-order valence-electron chi connectivity index (χ2n) is 6.18. The molecular formula is C19H22N2O5S. The molecule has 2 aromatic rings. The minimum atomic E-state index is -3.80. The Kier molecular flexibility index (Phi) is 5.98. The molecule has 1 unspecified atom stereocenters. The van der Waals surface area contributed by atoms with E-state index in [2.05, 4.69) is 10.0 Å². The van der Waals surface area contributed by atoms with Gasteiger partial charge in [0.1, 0.15) is 5.75 Å². The van der Waals surface area contributed by atoms with Crippen LogP contribution in [-0.2, 0) is 14.8 Å². The van der Waals surface area contributed by atoms with Gasteiger partial charge in [0.2, 0.25) is 0 Å². The van der Waals surface area contributed by atoms with Crippen LogP contribution in [0.2, 0.25) is 0 Å². The molecule has 0 aromatic heterocycles. The zero-order valence-corrected chi connectivity index (χ0v) is 15.8. The van der Waals surface area contributed by atoms with Crippen LogP contribution in [0.3, 0.4) is 0 Å². The number of amides is 1. The number of para-hydroxylation sites is 2. The van der Waals surface area contributed by atoms with E-state index in [1.165, 1.54) is 31.4 Å². The molecule has 1 atom stereocenters. The molecule has 8 heteroatoms. The summed E-state index contributed by atoms with van der Waals surface area (Å²) in [7, 11) is -2.33. The number of methoxy groups -OCH3 is 1. The lowest BCUT2D eigenvalue weighted by Gasteiger charge is -2.12. The molecule has 1 amide bonds. The summed E-state index contributed by atoms with van der Waals surface area (Å²) in [5, 5.41) is 2.81. The zero-order chi connectivity index (χ0) is 19.3. The number of nitrogens with one attached hydrogen (secondary N) is 2. The molecule has 1 aliphatic rings. The van der Waals surface area contributed by atoms with Crippen LogP contribution in [-0.4, -0.2) is 40.7 Å². The fourth-order valence-electron chi connectivity index (χ4n) is 2.83. The fourth-order valence-corrected chi connectivity index (χ4v) is 3.90. The average molecular weight is 390 g/mol. The van der Waals surface area contributed by atoms with Crippen LogP contribution in [0.25, 0.3) is 0 Å². The molecule has 2 aromatic carbocycles. The second kappa shape index (κ2) is 8.41. The van der Waals surface area contributed by atoms with E-state index in [1.807, 2.05) is 0 Å². The fraction of sp³-hybridized carbons (Fsp3) is 0.316. The summed E-state index contributed by atoms with van der Waals surface area (Å²) in [6, 6.07) is 12.5. The molecule has 3 rings (SSSR count). The molecule has 0 radical (unpaired) electrons. The van der Waals surface area contributed by atoms with Gasteiger partial charge in [-0.1, -0.05) is 12.1 Å². The van der Waals surface area contributed by atoms with Crippen LogP contribution in [0.1, 0.15) is 23.2 Å². The van der Waals surface area contributed by atoms with E-state index >= 15 is 0 Å². The van der Waals surface area contributed by atoms with Crippen LogP contribution in [0.4, 0.5) is 5.69 Å². The first-order valence-electron chi connectivity index (χ1n) is 8.65. The molecule has 7 nitrogen and oxygen atoms in total. The average Bonchev–Trinajstić information content (AvgIpc) is 3.20. The quantitative estimate of drug-likeness (QED) is 0.757. The Morgan fingerprint density at radius 3 is 2.59 bits per heavy atom. The van der Waals surface area contributed by atoms with E-state index in [9.17, 15) is 13.2 Å². The van der Waals surface area contributed by atoms with Gasteiger partial charge in [0, 0.05) is 18.7 Å². The van der Waals surface area contributed by atoms with Crippen LogP contribution in [0.15, 0.2) is 53.4 Å². The third-order valence-corrected chi connectivity index (χ3v) is 5.67. The Labute approximate surface area is 158 Å².